The molecule has 0 radical (unpaired) electrons. The van der Waals surface area contributed by atoms with E-state index in [0.29, 0.717) is 12.0 Å². The monoisotopic (exact) mass is 530 g/mol. The minimum atomic E-state index is -2.17. The zero-order valence-corrected chi connectivity index (χ0v) is 20.3. The van der Waals surface area contributed by atoms with E-state index in [1.54, 1.807) is 42.5 Å². The molecule has 2 aromatic rings. The Morgan fingerprint density at radius 2 is 1.71 bits per heavy atom. The van der Waals surface area contributed by atoms with Gasteiger partial charge in [-0.2, -0.15) is 0 Å². The van der Waals surface area contributed by atoms with Gasteiger partial charge in [0.05, 0.1) is 18.3 Å². The Morgan fingerprint density at radius 3 is 2.42 bits per heavy atom. The quantitative estimate of drug-likeness (QED) is 0.233. The largest absolute Gasteiger partial charge is 0.460 e. The molecule has 11 nitrogen and oxygen atoms in total. The highest BCUT2D eigenvalue weighted by Crippen LogP contribution is 2.30. The first-order valence-corrected chi connectivity index (χ1v) is 12.1. The third-order valence-corrected chi connectivity index (χ3v) is 6.47. The molecule has 0 amide bonds. The molecule has 0 spiro atoms. The fraction of sp³-hybridized carbons (Fsp3) is 0.407. The van der Waals surface area contributed by atoms with Crippen LogP contribution in [0.4, 0.5) is 0 Å². The van der Waals surface area contributed by atoms with Gasteiger partial charge in [-0.15, -0.1) is 0 Å². The van der Waals surface area contributed by atoms with E-state index in [4.69, 9.17) is 18.9 Å². The summed E-state index contributed by atoms with van der Waals surface area (Å²) in [4.78, 5) is 25.3. The van der Waals surface area contributed by atoms with Crippen LogP contribution in [0.25, 0.3) is 0 Å². The number of benzene rings is 2. The number of para-hydroxylation sites is 1. The van der Waals surface area contributed by atoms with E-state index in [0.717, 1.165) is 0 Å². The number of hydrogen-bond donors (Lipinski definition) is 5. The topological polar surface area (TPSA) is 172 Å². The van der Waals surface area contributed by atoms with Gasteiger partial charge >= 0.3 is 11.9 Å². The Hall–Kier alpha value is -3.32. The highest BCUT2D eigenvalue weighted by molar-refractivity contribution is 5.89. The number of ether oxygens (including phenoxy) is 4. The van der Waals surface area contributed by atoms with Gasteiger partial charge in [0.1, 0.15) is 30.7 Å². The molecule has 0 aromatic heterocycles. The van der Waals surface area contributed by atoms with Crippen molar-refractivity contribution in [2.45, 2.75) is 61.9 Å². The van der Waals surface area contributed by atoms with Crippen LogP contribution < -0.4 is 4.74 Å². The summed E-state index contributed by atoms with van der Waals surface area (Å²) in [5, 5.41) is 51.3. The second kappa shape index (κ2) is 12.0. The zero-order chi connectivity index (χ0) is 27.3. The van der Waals surface area contributed by atoms with Crippen molar-refractivity contribution in [3.8, 4) is 5.75 Å². The van der Waals surface area contributed by atoms with Crippen LogP contribution in [0.3, 0.4) is 0 Å². The molecule has 2 aromatic carbocycles. The van der Waals surface area contributed by atoms with Crippen LogP contribution in [-0.2, 0) is 25.6 Å². The average molecular weight is 531 g/mol. The molecule has 1 aliphatic heterocycles. The summed E-state index contributed by atoms with van der Waals surface area (Å²) in [5.41, 5.74) is -1.65. The molecule has 1 fully saturated rings. The first-order chi connectivity index (χ1) is 18.2. The molecule has 38 heavy (non-hydrogen) atoms. The lowest BCUT2D eigenvalue weighted by atomic mass is 9.88. The maximum Gasteiger partial charge on any atom is 0.345 e. The van der Waals surface area contributed by atoms with E-state index in [9.17, 15) is 35.1 Å². The lowest BCUT2D eigenvalue weighted by molar-refractivity contribution is -0.276. The van der Waals surface area contributed by atoms with Crippen LogP contribution in [-0.4, -0.2) is 86.5 Å². The molecular formula is C27H30O11. The molecule has 1 saturated heterocycles. The highest BCUT2D eigenvalue weighted by Gasteiger charge is 2.48. The summed E-state index contributed by atoms with van der Waals surface area (Å²) >= 11 is 0. The Kier molecular flexibility index (Phi) is 8.77. The Bertz CT molecular complexity index is 1140. The molecule has 1 heterocycles. The predicted molar refractivity (Wildman–Crippen MR) is 130 cm³/mol. The molecular weight excluding hydrogens is 500 g/mol. The van der Waals surface area contributed by atoms with Crippen molar-refractivity contribution < 1.29 is 54.1 Å². The summed E-state index contributed by atoms with van der Waals surface area (Å²) in [7, 11) is 0. The summed E-state index contributed by atoms with van der Waals surface area (Å²) in [6.45, 7) is -1.00. The van der Waals surface area contributed by atoms with Crippen molar-refractivity contribution >= 4 is 11.9 Å². The number of aliphatic hydroxyl groups is 5. The van der Waals surface area contributed by atoms with Gasteiger partial charge < -0.3 is 44.5 Å². The number of esters is 2. The van der Waals surface area contributed by atoms with Crippen LogP contribution in [0.15, 0.2) is 66.7 Å². The normalized spacial score (nSPS) is 30.9. The SMILES string of the molecule is O=C(O[C@H]1[C@H](Oc2ccccc2COC(=O)C2(O)C=CCCC2O)O[C@H](CO)[C@@H](O)[C@@H]1O)c1ccccc1. The summed E-state index contributed by atoms with van der Waals surface area (Å²) in [6.07, 6.45) is -5.22. The van der Waals surface area contributed by atoms with E-state index in [1.807, 2.05) is 0 Å². The Labute approximate surface area is 218 Å². The lowest BCUT2D eigenvalue weighted by Crippen LogP contribution is -2.61. The van der Waals surface area contributed by atoms with Crippen LogP contribution in [0.1, 0.15) is 28.8 Å². The third-order valence-electron chi connectivity index (χ3n) is 6.47. The van der Waals surface area contributed by atoms with Crippen molar-refractivity contribution in [3.63, 3.8) is 0 Å². The van der Waals surface area contributed by atoms with E-state index in [2.05, 4.69) is 0 Å². The number of rotatable bonds is 8. The minimum Gasteiger partial charge on any atom is -0.460 e. The molecule has 11 heteroatoms. The van der Waals surface area contributed by atoms with Gasteiger partial charge in [-0.3, -0.25) is 0 Å². The maximum absolute atomic E-state index is 12.7. The van der Waals surface area contributed by atoms with Gasteiger partial charge in [-0.1, -0.05) is 42.5 Å². The lowest BCUT2D eigenvalue weighted by Gasteiger charge is -2.41. The van der Waals surface area contributed by atoms with Crippen LogP contribution in [0, 0.1) is 0 Å². The number of allylic oxidation sites excluding steroid dienone is 1. The van der Waals surface area contributed by atoms with Gasteiger partial charge in [0.2, 0.25) is 11.9 Å². The molecule has 204 valence electrons. The van der Waals surface area contributed by atoms with Gasteiger partial charge in [0.25, 0.3) is 0 Å². The van der Waals surface area contributed by atoms with Crippen molar-refractivity contribution in [2.75, 3.05) is 6.61 Å². The van der Waals surface area contributed by atoms with E-state index in [-0.39, 0.29) is 24.3 Å². The zero-order valence-electron chi connectivity index (χ0n) is 20.3. The van der Waals surface area contributed by atoms with Crippen molar-refractivity contribution in [2.24, 2.45) is 0 Å². The van der Waals surface area contributed by atoms with Gasteiger partial charge in [0, 0.05) is 5.56 Å². The second-order valence-electron chi connectivity index (χ2n) is 9.07. The van der Waals surface area contributed by atoms with E-state index in [1.165, 1.54) is 24.3 Å². The molecule has 1 aliphatic carbocycles. The molecule has 0 saturated carbocycles. The van der Waals surface area contributed by atoms with E-state index < -0.39 is 61.0 Å². The molecule has 7 atom stereocenters. The number of aliphatic hydroxyl groups excluding tert-OH is 4. The van der Waals surface area contributed by atoms with Crippen molar-refractivity contribution in [1.82, 2.24) is 0 Å². The summed E-state index contributed by atoms with van der Waals surface area (Å²) in [6, 6.07) is 14.3. The maximum atomic E-state index is 12.7. The van der Waals surface area contributed by atoms with Gasteiger partial charge in [0.15, 0.2) is 6.10 Å². The summed E-state index contributed by atoms with van der Waals surface area (Å²) < 4.78 is 22.3. The predicted octanol–water partition coefficient (Wildman–Crippen LogP) is 0.215. The fourth-order valence-corrected chi connectivity index (χ4v) is 4.22. The van der Waals surface area contributed by atoms with E-state index >= 15 is 0 Å². The first kappa shape index (κ1) is 27.7. The smallest absolute Gasteiger partial charge is 0.345 e. The minimum absolute atomic E-state index is 0.123. The highest BCUT2D eigenvalue weighted by atomic mass is 16.7. The standard InChI is InChI=1S/C27H30O11/c28-14-19-21(30)22(31)23(38-24(32)16-8-2-1-3-9-16)25(37-19)36-18-11-5-4-10-17(18)15-35-26(33)27(34)13-7-6-12-20(27)29/h1-5,7-11,13,19-23,25,28-31,34H,6,12,14-15H2/t19-,20?,21-,22+,23-,25-,27?/m1/s1. The Morgan fingerprint density at radius 1 is 1.00 bits per heavy atom. The van der Waals surface area contributed by atoms with Crippen LogP contribution in [0.5, 0.6) is 5.75 Å². The summed E-state index contributed by atoms with van der Waals surface area (Å²) in [5.74, 6) is -1.72. The average Bonchev–Trinajstić information content (AvgIpc) is 2.93. The number of hydrogen-bond acceptors (Lipinski definition) is 11. The molecule has 5 N–H and O–H groups in total. The van der Waals surface area contributed by atoms with Gasteiger partial charge in [-0.05, 0) is 37.1 Å². The Balaban J connectivity index is 1.52. The molecule has 2 aliphatic rings. The van der Waals surface area contributed by atoms with Crippen LogP contribution in [0.2, 0.25) is 0 Å². The molecule has 0 bridgehead atoms. The molecule has 2 unspecified atom stereocenters. The fourth-order valence-electron chi connectivity index (χ4n) is 4.22. The second-order valence-corrected chi connectivity index (χ2v) is 9.07. The first-order valence-electron chi connectivity index (χ1n) is 12.1. The van der Waals surface area contributed by atoms with Crippen LogP contribution >= 0.6 is 0 Å². The molecule has 4 rings (SSSR count). The third kappa shape index (κ3) is 5.88. The number of carbonyl (C=O) groups is 2. The number of carbonyl (C=O) groups excluding carboxylic acids is 2. The van der Waals surface area contributed by atoms with Gasteiger partial charge in [-0.25, -0.2) is 9.59 Å². The van der Waals surface area contributed by atoms with Crippen molar-refractivity contribution in [3.05, 3.63) is 77.9 Å². The van der Waals surface area contributed by atoms with Crippen molar-refractivity contribution in [1.29, 1.82) is 0 Å².